The van der Waals surface area contributed by atoms with Crippen LogP contribution in [0.4, 0.5) is 0 Å². The number of oxazole rings is 1. The van der Waals surface area contributed by atoms with E-state index in [1.165, 1.54) is 12.0 Å². The maximum absolute atomic E-state index is 10.7. The zero-order valence-electron chi connectivity index (χ0n) is 11.0. The minimum Gasteiger partial charge on any atom is -0.476 e. The molecule has 0 aliphatic carbocycles. The molecule has 1 N–H and O–H groups in total. The number of aromatic carboxylic acids is 1. The molecule has 1 fully saturated rings. The summed E-state index contributed by atoms with van der Waals surface area (Å²) in [7, 11) is 0. The number of hydrogen-bond donors (Lipinski definition) is 1. The Kier molecular flexibility index (Phi) is 5.24. The molecule has 0 bridgehead atoms. The van der Waals surface area contributed by atoms with Crippen LogP contribution in [0.3, 0.4) is 0 Å². The summed E-state index contributed by atoms with van der Waals surface area (Å²) in [6.45, 7) is 5.76. The molecular weight excluding hydrogens is 266 g/mol. The highest BCUT2D eigenvalue weighted by Crippen LogP contribution is 2.09. The van der Waals surface area contributed by atoms with E-state index >= 15 is 0 Å². The highest BCUT2D eigenvalue weighted by molar-refractivity contribution is 7.98. The summed E-state index contributed by atoms with van der Waals surface area (Å²) in [4.78, 5) is 19.3. The van der Waals surface area contributed by atoms with E-state index in [9.17, 15) is 4.79 Å². The van der Waals surface area contributed by atoms with Gasteiger partial charge in [0, 0.05) is 38.5 Å². The molecule has 0 radical (unpaired) electrons. The molecule has 0 saturated carbocycles. The Morgan fingerprint density at radius 1 is 1.42 bits per heavy atom. The van der Waals surface area contributed by atoms with E-state index in [1.54, 1.807) is 0 Å². The fourth-order valence-corrected chi connectivity index (χ4v) is 2.51. The van der Waals surface area contributed by atoms with Crippen molar-refractivity contribution in [2.24, 2.45) is 0 Å². The summed E-state index contributed by atoms with van der Waals surface area (Å²) in [6, 6.07) is 0. The smallest absolute Gasteiger partial charge is 0.357 e. The van der Waals surface area contributed by atoms with Gasteiger partial charge in [-0.3, -0.25) is 9.80 Å². The number of hydrogen-bond acceptors (Lipinski definition) is 6. The summed E-state index contributed by atoms with van der Waals surface area (Å²) in [5, 5.41) is 8.78. The second-order valence-electron chi connectivity index (χ2n) is 4.54. The number of rotatable bonds is 6. The van der Waals surface area contributed by atoms with Crippen LogP contribution < -0.4 is 0 Å². The minimum atomic E-state index is -1.04. The predicted octanol–water partition coefficient (Wildman–Crippen LogP) is 0.853. The molecule has 0 atom stereocenters. The van der Waals surface area contributed by atoms with E-state index in [2.05, 4.69) is 21.0 Å². The van der Waals surface area contributed by atoms with Crippen molar-refractivity contribution in [1.82, 2.24) is 14.8 Å². The Labute approximate surface area is 116 Å². The van der Waals surface area contributed by atoms with Crippen molar-refractivity contribution in [2.45, 2.75) is 6.54 Å². The molecule has 19 heavy (non-hydrogen) atoms. The van der Waals surface area contributed by atoms with E-state index in [0.29, 0.717) is 12.4 Å². The largest absolute Gasteiger partial charge is 0.476 e. The molecule has 1 aliphatic heterocycles. The molecule has 7 heteroatoms. The lowest BCUT2D eigenvalue weighted by Crippen LogP contribution is -2.46. The van der Waals surface area contributed by atoms with Gasteiger partial charge < -0.3 is 9.52 Å². The van der Waals surface area contributed by atoms with Gasteiger partial charge in [-0.15, -0.1) is 0 Å². The van der Waals surface area contributed by atoms with Crippen molar-refractivity contribution in [1.29, 1.82) is 0 Å². The Bertz CT molecular complexity index is 416. The van der Waals surface area contributed by atoms with Gasteiger partial charge in [-0.2, -0.15) is 11.8 Å². The molecule has 106 valence electrons. The third-order valence-electron chi connectivity index (χ3n) is 3.21. The van der Waals surface area contributed by atoms with Gasteiger partial charge >= 0.3 is 5.97 Å². The van der Waals surface area contributed by atoms with Crippen LogP contribution in [0, 0.1) is 0 Å². The van der Waals surface area contributed by atoms with E-state index in [-0.39, 0.29) is 5.69 Å². The number of piperazine rings is 1. The second kappa shape index (κ2) is 6.93. The van der Waals surface area contributed by atoms with Gasteiger partial charge in [0.25, 0.3) is 0 Å². The summed E-state index contributed by atoms with van der Waals surface area (Å²) in [5.41, 5.74) is -0.0198. The first-order valence-electron chi connectivity index (χ1n) is 6.30. The third kappa shape index (κ3) is 4.22. The Morgan fingerprint density at radius 2 is 2.11 bits per heavy atom. The Hall–Kier alpha value is -1.05. The SMILES string of the molecule is CSCCN1CCN(Cc2nc(C(=O)O)co2)CC1. The lowest BCUT2D eigenvalue weighted by Gasteiger charge is -2.33. The summed E-state index contributed by atoms with van der Waals surface area (Å²) < 4.78 is 5.17. The van der Waals surface area contributed by atoms with E-state index in [0.717, 1.165) is 32.7 Å². The third-order valence-corrected chi connectivity index (χ3v) is 3.80. The predicted molar refractivity (Wildman–Crippen MR) is 73.6 cm³/mol. The molecule has 0 spiro atoms. The fraction of sp³-hybridized carbons (Fsp3) is 0.667. The monoisotopic (exact) mass is 285 g/mol. The van der Waals surface area contributed by atoms with Gasteiger partial charge in [0.2, 0.25) is 5.89 Å². The fourth-order valence-electron chi connectivity index (χ4n) is 2.06. The van der Waals surface area contributed by atoms with Crippen LogP contribution in [0.25, 0.3) is 0 Å². The van der Waals surface area contributed by atoms with E-state index < -0.39 is 5.97 Å². The second-order valence-corrected chi connectivity index (χ2v) is 5.53. The molecule has 1 aromatic heterocycles. The van der Waals surface area contributed by atoms with Crippen molar-refractivity contribution < 1.29 is 14.3 Å². The van der Waals surface area contributed by atoms with Crippen LogP contribution in [0.1, 0.15) is 16.4 Å². The number of nitrogens with zero attached hydrogens (tertiary/aromatic N) is 3. The normalized spacial score (nSPS) is 17.7. The van der Waals surface area contributed by atoms with Crippen molar-refractivity contribution in [2.75, 3.05) is 44.7 Å². The van der Waals surface area contributed by atoms with E-state index in [1.807, 2.05) is 11.8 Å². The molecule has 0 amide bonds. The van der Waals surface area contributed by atoms with Crippen LogP contribution in [0.5, 0.6) is 0 Å². The summed E-state index contributed by atoms with van der Waals surface area (Å²) >= 11 is 1.87. The molecule has 1 saturated heterocycles. The maximum atomic E-state index is 10.7. The molecule has 1 aromatic rings. The first-order valence-corrected chi connectivity index (χ1v) is 7.70. The topological polar surface area (TPSA) is 69.8 Å². The Balaban J connectivity index is 1.77. The zero-order valence-corrected chi connectivity index (χ0v) is 11.9. The van der Waals surface area contributed by atoms with Crippen LogP contribution in [0.15, 0.2) is 10.7 Å². The number of carboxylic acid groups (broad SMARTS) is 1. The first kappa shape index (κ1) is 14.4. The number of carbonyl (C=O) groups is 1. The van der Waals surface area contributed by atoms with Gasteiger partial charge in [-0.1, -0.05) is 0 Å². The Morgan fingerprint density at radius 3 is 2.68 bits per heavy atom. The first-order chi connectivity index (χ1) is 9.19. The zero-order chi connectivity index (χ0) is 13.7. The van der Waals surface area contributed by atoms with E-state index in [4.69, 9.17) is 9.52 Å². The molecule has 2 heterocycles. The van der Waals surface area contributed by atoms with Crippen molar-refractivity contribution in [3.05, 3.63) is 17.8 Å². The minimum absolute atomic E-state index is 0.0198. The molecule has 1 aliphatic rings. The van der Waals surface area contributed by atoms with Crippen LogP contribution in [0.2, 0.25) is 0 Å². The lowest BCUT2D eigenvalue weighted by molar-refractivity contribution is 0.0690. The average molecular weight is 285 g/mol. The number of aromatic nitrogens is 1. The van der Waals surface area contributed by atoms with Crippen LogP contribution in [-0.2, 0) is 6.54 Å². The highest BCUT2D eigenvalue weighted by atomic mass is 32.2. The molecule has 2 rings (SSSR count). The van der Waals surface area contributed by atoms with Gasteiger partial charge in [0.1, 0.15) is 6.26 Å². The van der Waals surface area contributed by atoms with Gasteiger partial charge in [-0.05, 0) is 6.26 Å². The van der Waals surface area contributed by atoms with Gasteiger partial charge in [0.05, 0.1) is 6.54 Å². The summed E-state index contributed by atoms with van der Waals surface area (Å²) in [5.74, 6) is 0.605. The summed E-state index contributed by atoms with van der Waals surface area (Å²) in [6.07, 6.45) is 3.32. The standard InChI is InChI=1S/C12H19N3O3S/c1-19-7-6-14-2-4-15(5-3-14)8-11-13-10(9-18-11)12(16)17/h9H,2-8H2,1H3,(H,16,17). The highest BCUT2D eigenvalue weighted by Gasteiger charge is 2.19. The maximum Gasteiger partial charge on any atom is 0.357 e. The average Bonchev–Trinajstić information content (AvgIpc) is 2.87. The number of thioether (sulfide) groups is 1. The molecule has 0 aromatic carbocycles. The van der Waals surface area contributed by atoms with Crippen molar-refractivity contribution in [3.8, 4) is 0 Å². The van der Waals surface area contributed by atoms with Gasteiger partial charge in [0.15, 0.2) is 5.69 Å². The lowest BCUT2D eigenvalue weighted by atomic mass is 10.3. The van der Waals surface area contributed by atoms with Crippen LogP contribution in [-0.4, -0.2) is 70.6 Å². The van der Waals surface area contributed by atoms with Crippen molar-refractivity contribution >= 4 is 17.7 Å². The molecule has 0 unspecified atom stereocenters. The van der Waals surface area contributed by atoms with Crippen molar-refractivity contribution in [3.63, 3.8) is 0 Å². The van der Waals surface area contributed by atoms with Gasteiger partial charge in [-0.25, -0.2) is 9.78 Å². The molecular formula is C12H19N3O3S. The van der Waals surface area contributed by atoms with Crippen LogP contribution >= 0.6 is 11.8 Å². The quantitative estimate of drug-likeness (QED) is 0.831. The molecule has 6 nitrogen and oxygen atoms in total. The number of carboxylic acids is 1.